The van der Waals surface area contributed by atoms with E-state index in [0.717, 1.165) is 53.6 Å². The van der Waals surface area contributed by atoms with E-state index in [4.69, 9.17) is 5.73 Å². The Hall–Kier alpha value is -0.740. The van der Waals surface area contributed by atoms with Gasteiger partial charge in [-0.15, -0.1) is 0 Å². The van der Waals surface area contributed by atoms with Gasteiger partial charge in [-0.1, -0.05) is 13.8 Å². The number of pyridine rings is 1. The Morgan fingerprint density at radius 3 is 2.56 bits per heavy atom. The molecule has 1 heterocycles. The molecule has 0 saturated carbocycles. The molecule has 2 N–H and O–H groups in total. The zero-order chi connectivity index (χ0) is 13.5. The van der Waals surface area contributed by atoms with Gasteiger partial charge < -0.3 is 10.6 Å². The summed E-state index contributed by atoms with van der Waals surface area (Å²) in [6.45, 7) is 11.9. The summed E-state index contributed by atoms with van der Waals surface area (Å²) in [5, 5.41) is 0. The van der Waals surface area contributed by atoms with E-state index in [9.17, 15) is 0 Å². The van der Waals surface area contributed by atoms with Crippen molar-refractivity contribution < 1.29 is 0 Å². The fraction of sp³-hybridized carbons (Fsp3) is 0.643. The van der Waals surface area contributed by atoms with E-state index >= 15 is 0 Å². The summed E-state index contributed by atoms with van der Waals surface area (Å²) in [6.07, 6.45) is 1.88. The van der Waals surface area contributed by atoms with E-state index in [1.165, 1.54) is 0 Å². The molecular weight excluding hydrogens is 242 g/mol. The Kier molecular flexibility index (Phi) is 6.50. The quantitative estimate of drug-likeness (QED) is 0.771. The fourth-order valence-corrected chi connectivity index (χ4v) is 2.86. The highest BCUT2D eigenvalue weighted by Gasteiger charge is 2.06. The number of anilines is 1. The van der Waals surface area contributed by atoms with Crippen molar-refractivity contribution in [3.05, 3.63) is 23.0 Å². The minimum atomic E-state index is 0.893. The lowest BCUT2D eigenvalue weighted by Gasteiger charge is -2.17. The fourth-order valence-electron chi connectivity index (χ4n) is 1.84. The van der Waals surface area contributed by atoms with Crippen LogP contribution in [0.3, 0.4) is 0 Å². The van der Waals surface area contributed by atoms with Gasteiger partial charge in [0.15, 0.2) is 0 Å². The topological polar surface area (TPSA) is 42.2 Å². The van der Waals surface area contributed by atoms with Crippen LogP contribution < -0.4 is 5.73 Å². The molecule has 4 heteroatoms. The van der Waals surface area contributed by atoms with Crippen molar-refractivity contribution in [1.29, 1.82) is 0 Å². The van der Waals surface area contributed by atoms with E-state index < -0.39 is 0 Å². The Labute approximate surface area is 115 Å². The number of hydrogen-bond donors (Lipinski definition) is 1. The lowest BCUT2D eigenvalue weighted by atomic mass is 10.1. The van der Waals surface area contributed by atoms with Gasteiger partial charge in [-0.3, -0.25) is 4.98 Å². The van der Waals surface area contributed by atoms with Crippen molar-refractivity contribution in [2.45, 2.75) is 33.4 Å². The van der Waals surface area contributed by atoms with Gasteiger partial charge in [0.25, 0.3) is 0 Å². The van der Waals surface area contributed by atoms with Crippen molar-refractivity contribution >= 4 is 17.4 Å². The molecule has 18 heavy (non-hydrogen) atoms. The van der Waals surface area contributed by atoms with Crippen LogP contribution in [0.25, 0.3) is 0 Å². The smallest absolute Gasteiger partial charge is 0.0552 e. The van der Waals surface area contributed by atoms with Crippen LogP contribution >= 0.6 is 11.8 Å². The molecule has 0 fully saturated rings. The maximum atomic E-state index is 6.02. The number of thioether (sulfide) groups is 1. The standard InChI is InChI=1S/C14H25N3S/c1-5-17(6-2)7-8-18-10-13-12(4)14(15)11(3)9-16-13/h9H,5-8,10H2,1-4H3,(H2,15,16). The van der Waals surface area contributed by atoms with Gasteiger partial charge in [0.1, 0.15) is 0 Å². The maximum Gasteiger partial charge on any atom is 0.0552 e. The van der Waals surface area contributed by atoms with Gasteiger partial charge >= 0.3 is 0 Å². The Balaban J connectivity index is 2.43. The van der Waals surface area contributed by atoms with E-state index in [0.29, 0.717) is 0 Å². The maximum absolute atomic E-state index is 6.02. The lowest BCUT2D eigenvalue weighted by molar-refractivity contribution is 0.324. The normalized spacial score (nSPS) is 11.2. The largest absolute Gasteiger partial charge is 0.398 e. The second-order valence-corrected chi connectivity index (χ2v) is 5.61. The van der Waals surface area contributed by atoms with Gasteiger partial charge in [0.2, 0.25) is 0 Å². The molecule has 1 rings (SSSR count). The summed E-state index contributed by atoms with van der Waals surface area (Å²) in [5.41, 5.74) is 10.3. The summed E-state index contributed by atoms with van der Waals surface area (Å²) in [4.78, 5) is 6.92. The molecule has 102 valence electrons. The number of hydrogen-bond acceptors (Lipinski definition) is 4. The van der Waals surface area contributed by atoms with Crippen LogP contribution in [-0.2, 0) is 5.75 Å². The van der Waals surface area contributed by atoms with E-state index in [2.05, 4.69) is 30.7 Å². The van der Waals surface area contributed by atoms with Gasteiger partial charge in [0.05, 0.1) is 5.69 Å². The molecule has 0 amide bonds. The molecule has 0 saturated heterocycles. The molecule has 0 aliphatic heterocycles. The zero-order valence-corrected chi connectivity index (χ0v) is 12.8. The highest BCUT2D eigenvalue weighted by atomic mass is 32.2. The highest BCUT2D eigenvalue weighted by molar-refractivity contribution is 7.98. The number of nitrogens with two attached hydrogens (primary N) is 1. The van der Waals surface area contributed by atoms with E-state index in [-0.39, 0.29) is 0 Å². The average molecular weight is 267 g/mol. The molecule has 0 aliphatic rings. The number of aromatic nitrogens is 1. The third-order valence-electron chi connectivity index (χ3n) is 3.36. The summed E-state index contributed by atoms with van der Waals surface area (Å²) in [7, 11) is 0. The average Bonchev–Trinajstić information content (AvgIpc) is 2.38. The van der Waals surface area contributed by atoms with Gasteiger partial charge in [-0.2, -0.15) is 11.8 Å². The minimum Gasteiger partial charge on any atom is -0.398 e. The summed E-state index contributed by atoms with van der Waals surface area (Å²) in [6, 6.07) is 0. The first-order valence-corrected chi connectivity index (χ1v) is 7.76. The molecule has 0 radical (unpaired) electrons. The van der Waals surface area contributed by atoms with Gasteiger partial charge in [0, 0.05) is 29.9 Å². The second kappa shape index (κ2) is 7.64. The Morgan fingerprint density at radius 1 is 1.28 bits per heavy atom. The first-order chi connectivity index (χ1) is 8.60. The van der Waals surface area contributed by atoms with Crippen molar-refractivity contribution in [1.82, 2.24) is 9.88 Å². The van der Waals surface area contributed by atoms with E-state index in [1.54, 1.807) is 0 Å². The number of nitrogens with zero attached hydrogens (tertiary/aromatic N) is 2. The number of rotatable bonds is 7. The van der Waals surface area contributed by atoms with Crippen LogP contribution in [0.2, 0.25) is 0 Å². The first kappa shape index (κ1) is 15.3. The molecule has 0 aromatic carbocycles. The van der Waals surface area contributed by atoms with Crippen LogP contribution in [0.4, 0.5) is 5.69 Å². The Morgan fingerprint density at radius 2 is 1.94 bits per heavy atom. The molecule has 1 aromatic rings. The van der Waals surface area contributed by atoms with E-state index in [1.807, 2.05) is 24.9 Å². The predicted octanol–water partition coefficient (Wildman–Crippen LogP) is 2.86. The lowest BCUT2D eigenvalue weighted by Crippen LogP contribution is -2.25. The van der Waals surface area contributed by atoms with Gasteiger partial charge in [-0.25, -0.2) is 0 Å². The van der Waals surface area contributed by atoms with Crippen LogP contribution in [-0.4, -0.2) is 35.3 Å². The van der Waals surface area contributed by atoms with Crippen molar-refractivity contribution in [3.63, 3.8) is 0 Å². The molecule has 0 aliphatic carbocycles. The van der Waals surface area contributed by atoms with Crippen LogP contribution in [0, 0.1) is 13.8 Å². The second-order valence-electron chi connectivity index (χ2n) is 4.51. The summed E-state index contributed by atoms with van der Waals surface area (Å²) < 4.78 is 0. The minimum absolute atomic E-state index is 0.893. The third kappa shape index (κ3) is 4.18. The van der Waals surface area contributed by atoms with Crippen LogP contribution in [0.1, 0.15) is 30.7 Å². The SMILES string of the molecule is CCN(CC)CCSCc1ncc(C)c(N)c1C. The predicted molar refractivity (Wildman–Crippen MR) is 82.1 cm³/mol. The first-order valence-electron chi connectivity index (χ1n) is 6.60. The molecule has 0 spiro atoms. The third-order valence-corrected chi connectivity index (χ3v) is 4.31. The molecular formula is C14H25N3S. The number of aryl methyl sites for hydroxylation is 1. The van der Waals surface area contributed by atoms with Crippen LogP contribution in [0.15, 0.2) is 6.20 Å². The van der Waals surface area contributed by atoms with Crippen molar-refractivity contribution in [2.75, 3.05) is 31.1 Å². The molecule has 1 aromatic heterocycles. The summed E-state index contributed by atoms with van der Waals surface area (Å²) >= 11 is 1.93. The zero-order valence-electron chi connectivity index (χ0n) is 12.0. The number of nitrogen functional groups attached to an aromatic ring is 1. The van der Waals surface area contributed by atoms with Gasteiger partial charge in [-0.05, 0) is 38.1 Å². The van der Waals surface area contributed by atoms with Crippen molar-refractivity contribution in [3.8, 4) is 0 Å². The highest BCUT2D eigenvalue weighted by Crippen LogP contribution is 2.21. The monoisotopic (exact) mass is 267 g/mol. The van der Waals surface area contributed by atoms with Crippen LogP contribution in [0.5, 0.6) is 0 Å². The molecule has 0 atom stereocenters. The van der Waals surface area contributed by atoms with Crippen molar-refractivity contribution in [2.24, 2.45) is 0 Å². The molecule has 0 bridgehead atoms. The molecule has 3 nitrogen and oxygen atoms in total. The Bertz CT molecular complexity index is 376. The summed E-state index contributed by atoms with van der Waals surface area (Å²) in [5.74, 6) is 2.11. The molecule has 0 unspecified atom stereocenters.